The van der Waals surface area contributed by atoms with Crippen molar-refractivity contribution in [2.75, 3.05) is 5.84 Å². The maximum atomic E-state index is 12.5. The molecule has 1 heterocycles. The number of aryl methyl sites for hydroxylation is 3. The van der Waals surface area contributed by atoms with Gasteiger partial charge in [0.2, 0.25) is 0 Å². The summed E-state index contributed by atoms with van der Waals surface area (Å²) >= 11 is 0. The third-order valence-corrected chi connectivity index (χ3v) is 4.30. The van der Waals surface area contributed by atoms with Crippen LogP contribution in [0.5, 0.6) is 0 Å². The standard InChI is InChI=1S/C16H21N4O/c1-11-18-19(12(2)20(11)17)10-16(21)15-8-7-13-5-3-4-6-14(13)9-15/h7-9H,3-6,10,17H2,1-2H3/q+1. The molecule has 110 valence electrons. The smallest absolute Gasteiger partial charge is 0.290 e. The summed E-state index contributed by atoms with van der Waals surface area (Å²) in [6, 6.07) is 6.10. The SMILES string of the molecule is Cc1nn(CC(=O)c2ccc3c(c2)CCCC3)c(C)[n+]1N. The van der Waals surface area contributed by atoms with Crippen LogP contribution in [0.25, 0.3) is 0 Å². The van der Waals surface area contributed by atoms with Gasteiger partial charge in [0.05, 0.1) is 0 Å². The van der Waals surface area contributed by atoms with Gasteiger partial charge in [-0.25, -0.2) is 0 Å². The molecular formula is C16H21N4O+. The molecule has 5 heteroatoms. The molecule has 5 nitrogen and oxygen atoms in total. The summed E-state index contributed by atoms with van der Waals surface area (Å²) in [6.07, 6.45) is 4.69. The predicted octanol–water partition coefficient (Wildman–Crippen LogP) is 1.26. The van der Waals surface area contributed by atoms with Gasteiger partial charge in [0.15, 0.2) is 12.3 Å². The first kappa shape index (κ1) is 13.8. The maximum absolute atomic E-state index is 12.5. The average molecular weight is 285 g/mol. The van der Waals surface area contributed by atoms with Crippen molar-refractivity contribution < 1.29 is 9.47 Å². The van der Waals surface area contributed by atoms with Gasteiger partial charge < -0.3 is 0 Å². The van der Waals surface area contributed by atoms with Gasteiger partial charge >= 0.3 is 0 Å². The Morgan fingerprint density at radius 3 is 2.67 bits per heavy atom. The molecule has 21 heavy (non-hydrogen) atoms. The van der Waals surface area contributed by atoms with Crippen molar-refractivity contribution in [3.05, 3.63) is 46.5 Å². The van der Waals surface area contributed by atoms with Crippen molar-refractivity contribution in [2.45, 2.75) is 46.1 Å². The van der Waals surface area contributed by atoms with Crippen molar-refractivity contribution in [1.82, 2.24) is 9.78 Å². The third kappa shape index (κ3) is 2.55. The first-order chi connectivity index (χ1) is 10.1. The Labute approximate surface area is 124 Å². The summed E-state index contributed by atoms with van der Waals surface area (Å²) in [6.45, 7) is 3.92. The van der Waals surface area contributed by atoms with Crippen LogP contribution in [-0.2, 0) is 19.4 Å². The number of carbonyl (C=O) groups is 1. The minimum atomic E-state index is 0.0783. The molecule has 0 fully saturated rings. The number of Topliss-reactive ketones (excluding diaryl/α,β-unsaturated/α-hetero) is 1. The molecular weight excluding hydrogens is 264 g/mol. The van der Waals surface area contributed by atoms with Crippen LogP contribution in [0.1, 0.15) is 46.0 Å². The summed E-state index contributed by atoms with van der Waals surface area (Å²) in [5, 5.41) is 4.30. The van der Waals surface area contributed by atoms with Gasteiger partial charge in [0.1, 0.15) is 0 Å². The van der Waals surface area contributed by atoms with Crippen molar-refractivity contribution in [3.8, 4) is 0 Å². The highest BCUT2D eigenvalue weighted by Crippen LogP contribution is 2.22. The van der Waals surface area contributed by atoms with Gasteiger partial charge in [-0.05, 0) is 42.9 Å². The summed E-state index contributed by atoms with van der Waals surface area (Å²) in [7, 11) is 0. The zero-order valence-electron chi connectivity index (χ0n) is 12.6. The topological polar surface area (TPSA) is 64.8 Å². The fraction of sp³-hybridized carbons (Fsp3) is 0.438. The number of ketones is 1. The molecule has 1 aromatic heterocycles. The normalized spacial score (nSPS) is 14.0. The van der Waals surface area contributed by atoms with Crippen LogP contribution in [0, 0.1) is 13.8 Å². The lowest BCUT2D eigenvalue weighted by atomic mass is 9.90. The van der Waals surface area contributed by atoms with Crippen molar-refractivity contribution in [2.24, 2.45) is 0 Å². The van der Waals surface area contributed by atoms with Crippen LogP contribution >= 0.6 is 0 Å². The molecule has 1 aromatic carbocycles. The van der Waals surface area contributed by atoms with Gasteiger partial charge in [-0.15, -0.1) is 9.36 Å². The van der Waals surface area contributed by atoms with Crippen LogP contribution in [0.4, 0.5) is 0 Å². The Hall–Kier alpha value is -2.17. The Morgan fingerprint density at radius 1 is 1.29 bits per heavy atom. The third-order valence-electron chi connectivity index (χ3n) is 4.30. The number of carbonyl (C=O) groups excluding carboxylic acids is 1. The van der Waals surface area contributed by atoms with E-state index in [1.807, 2.05) is 19.9 Å². The van der Waals surface area contributed by atoms with Crippen molar-refractivity contribution in [3.63, 3.8) is 0 Å². The summed E-state index contributed by atoms with van der Waals surface area (Å²) in [4.78, 5) is 12.5. The monoisotopic (exact) mass is 285 g/mol. The second-order valence-corrected chi connectivity index (χ2v) is 5.74. The fourth-order valence-electron chi connectivity index (χ4n) is 2.94. The molecule has 0 bridgehead atoms. The van der Waals surface area contributed by atoms with Crippen LogP contribution in [0.2, 0.25) is 0 Å². The number of hydrogen-bond acceptors (Lipinski definition) is 3. The van der Waals surface area contributed by atoms with Crippen LogP contribution < -0.4 is 10.5 Å². The lowest BCUT2D eigenvalue weighted by Gasteiger charge is -2.15. The van der Waals surface area contributed by atoms with E-state index in [4.69, 9.17) is 5.84 Å². The number of hydrogen-bond donors (Lipinski definition) is 1. The second kappa shape index (κ2) is 5.31. The van der Waals surface area contributed by atoms with Gasteiger partial charge in [-0.2, -0.15) is 0 Å². The minimum Gasteiger partial charge on any atom is -0.290 e. The molecule has 0 radical (unpaired) electrons. The summed E-state index contributed by atoms with van der Waals surface area (Å²) < 4.78 is 3.16. The fourth-order valence-corrected chi connectivity index (χ4v) is 2.94. The van der Waals surface area contributed by atoms with Gasteiger partial charge in [-0.1, -0.05) is 12.1 Å². The Kier molecular flexibility index (Phi) is 3.49. The van der Waals surface area contributed by atoms with Crippen LogP contribution in [0.3, 0.4) is 0 Å². The average Bonchev–Trinajstić information content (AvgIpc) is 2.74. The number of benzene rings is 1. The van der Waals surface area contributed by atoms with Crippen molar-refractivity contribution >= 4 is 5.78 Å². The van der Waals surface area contributed by atoms with E-state index in [9.17, 15) is 4.79 Å². The highest BCUT2D eigenvalue weighted by atomic mass is 16.1. The molecule has 0 atom stereocenters. The number of fused-ring (bicyclic) bond motifs is 1. The first-order valence-corrected chi connectivity index (χ1v) is 7.42. The Morgan fingerprint density at radius 2 is 2.00 bits per heavy atom. The van der Waals surface area contributed by atoms with E-state index in [-0.39, 0.29) is 12.3 Å². The van der Waals surface area contributed by atoms with E-state index in [0.29, 0.717) is 5.82 Å². The largest absolute Gasteiger partial charge is 0.295 e. The molecule has 1 aliphatic rings. The molecule has 2 N–H and O–H groups in total. The summed E-state index contributed by atoms with van der Waals surface area (Å²) in [5.41, 5.74) is 3.49. The van der Waals surface area contributed by atoms with Crippen LogP contribution in [-0.4, -0.2) is 15.6 Å². The van der Waals surface area contributed by atoms with E-state index in [2.05, 4.69) is 17.2 Å². The zero-order valence-corrected chi connectivity index (χ0v) is 12.6. The number of aromatic nitrogens is 3. The van der Waals surface area contributed by atoms with Gasteiger partial charge in [0, 0.05) is 24.5 Å². The minimum absolute atomic E-state index is 0.0783. The highest BCUT2D eigenvalue weighted by Gasteiger charge is 2.21. The molecule has 0 amide bonds. The lowest BCUT2D eigenvalue weighted by Crippen LogP contribution is -2.48. The molecule has 0 saturated heterocycles. The van der Waals surface area contributed by atoms with Crippen LogP contribution in [0.15, 0.2) is 18.2 Å². The molecule has 1 aliphatic carbocycles. The quantitative estimate of drug-likeness (QED) is 0.524. The number of nitrogen functional groups attached to an aromatic ring is 1. The molecule has 0 aliphatic heterocycles. The highest BCUT2D eigenvalue weighted by molar-refractivity contribution is 5.96. The van der Waals surface area contributed by atoms with Gasteiger partial charge in [-0.3, -0.25) is 10.6 Å². The predicted molar refractivity (Wildman–Crippen MR) is 79.5 cm³/mol. The summed E-state index contributed by atoms with van der Waals surface area (Å²) in [5.74, 6) is 7.38. The van der Waals surface area contributed by atoms with E-state index < -0.39 is 0 Å². The van der Waals surface area contributed by atoms with E-state index in [1.165, 1.54) is 28.6 Å². The van der Waals surface area contributed by atoms with E-state index >= 15 is 0 Å². The maximum Gasteiger partial charge on any atom is 0.295 e. The Bertz CT molecular complexity index is 703. The van der Waals surface area contributed by atoms with E-state index in [0.717, 1.165) is 24.2 Å². The lowest BCUT2D eigenvalue weighted by molar-refractivity contribution is -0.652. The number of nitrogens with two attached hydrogens (primary N) is 1. The second-order valence-electron chi connectivity index (χ2n) is 5.74. The van der Waals surface area contributed by atoms with E-state index in [1.54, 1.807) is 4.68 Å². The number of rotatable bonds is 3. The van der Waals surface area contributed by atoms with Gasteiger partial charge in [0.25, 0.3) is 11.6 Å². The molecule has 0 saturated carbocycles. The zero-order chi connectivity index (χ0) is 15.0. The Balaban J connectivity index is 1.83. The first-order valence-electron chi connectivity index (χ1n) is 7.42. The molecule has 2 aromatic rings. The van der Waals surface area contributed by atoms with Crippen molar-refractivity contribution in [1.29, 1.82) is 0 Å². The molecule has 3 rings (SSSR count). The molecule has 0 unspecified atom stereocenters. The number of nitrogens with zero attached hydrogens (tertiary/aromatic N) is 3. The molecule has 0 spiro atoms.